The van der Waals surface area contributed by atoms with Gasteiger partial charge in [-0.2, -0.15) is 0 Å². The molecule has 0 aliphatic carbocycles. The second-order valence-electron chi connectivity index (χ2n) is 5.32. The van der Waals surface area contributed by atoms with Crippen LogP contribution < -0.4 is 14.2 Å². The van der Waals surface area contributed by atoms with Crippen molar-refractivity contribution in [1.82, 2.24) is 0 Å². The number of rotatable bonds is 7. The van der Waals surface area contributed by atoms with Gasteiger partial charge >= 0.3 is 0 Å². The maximum absolute atomic E-state index is 12.6. The van der Waals surface area contributed by atoms with Gasteiger partial charge in [0.05, 0.1) is 12.0 Å². The van der Waals surface area contributed by atoms with Gasteiger partial charge in [-0.05, 0) is 61.4 Å². The summed E-state index contributed by atoms with van der Waals surface area (Å²) in [6.45, 7) is 7.52. The molecule has 0 saturated carbocycles. The molecule has 1 N–H and O–H groups in total. The number of ether oxygens (including phenoxy) is 2. The Balaban J connectivity index is 2.25. The van der Waals surface area contributed by atoms with Gasteiger partial charge in [0.25, 0.3) is 10.0 Å². The molecule has 0 spiro atoms. The van der Waals surface area contributed by atoms with Crippen LogP contribution in [-0.2, 0) is 10.0 Å². The maximum atomic E-state index is 12.6. The van der Waals surface area contributed by atoms with E-state index in [2.05, 4.69) is 11.3 Å². The minimum Gasteiger partial charge on any atom is -0.496 e. The molecule has 24 heavy (non-hydrogen) atoms. The Hall–Kier alpha value is -2.47. The number of methoxy groups -OCH3 is 1. The summed E-state index contributed by atoms with van der Waals surface area (Å²) in [6, 6.07) is 10.0. The summed E-state index contributed by atoms with van der Waals surface area (Å²) in [5, 5.41) is 0. The fraction of sp³-hybridized carbons (Fsp3) is 0.222. The van der Waals surface area contributed by atoms with E-state index in [4.69, 9.17) is 9.47 Å². The van der Waals surface area contributed by atoms with Gasteiger partial charge in [-0.25, -0.2) is 8.42 Å². The number of hydrogen-bond donors (Lipinski definition) is 1. The van der Waals surface area contributed by atoms with Crippen LogP contribution in [0.25, 0.3) is 0 Å². The fourth-order valence-electron chi connectivity index (χ4n) is 2.26. The van der Waals surface area contributed by atoms with Gasteiger partial charge < -0.3 is 9.47 Å². The van der Waals surface area contributed by atoms with E-state index in [9.17, 15) is 8.42 Å². The number of benzene rings is 2. The molecule has 0 amide bonds. The zero-order valence-electron chi connectivity index (χ0n) is 14.0. The van der Waals surface area contributed by atoms with Gasteiger partial charge in [-0.3, -0.25) is 4.72 Å². The summed E-state index contributed by atoms with van der Waals surface area (Å²) in [5.74, 6) is 1.31. The highest BCUT2D eigenvalue weighted by Crippen LogP contribution is 2.27. The number of sulfonamides is 1. The largest absolute Gasteiger partial charge is 0.496 e. The molecular formula is C18H21NO4S. The molecular weight excluding hydrogens is 326 g/mol. The molecule has 0 aliphatic heterocycles. The lowest BCUT2D eigenvalue weighted by Crippen LogP contribution is -2.14. The molecule has 0 radical (unpaired) electrons. The molecule has 128 valence electrons. The molecule has 5 nitrogen and oxygen atoms in total. The van der Waals surface area contributed by atoms with Crippen molar-refractivity contribution in [1.29, 1.82) is 0 Å². The van der Waals surface area contributed by atoms with Crippen molar-refractivity contribution < 1.29 is 17.9 Å². The van der Waals surface area contributed by atoms with Crippen LogP contribution in [-0.4, -0.2) is 22.1 Å². The molecule has 0 fully saturated rings. The van der Waals surface area contributed by atoms with Crippen molar-refractivity contribution >= 4 is 15.7 Å². The van der Waals surface area contributed by atoms with Gasteiger partial charge in [0, 0.05) is 5.69 Å². The van der Waals surface area contributed by atoms with Gasteiger partial charge in [-0.1, -0.05) is 12.7 Å². The van der Waals surface area contributed by atoms with E-state index in [1.54, 1.807) is 56.5 Å². The third kappa shape index (κ3) is 4.08. The van der Waals surface area contributed by atoms with Crippen LogP contribution in [0.15, 0.2) is 53.9 Å². The summed E-state index contributed by atoms with van der Waals surface area (Å²) < 4.78 is 38.4. The molecule has 0 aliphatic rings. The van der Waals surface area contributed by atoms with E-state index < -0.39 is 10.0 Å². The van der Waals surface area contributed by atoms with Crippen LogP contribution in [0.5, 0.6) is 11.5 Å². The zero-order valence-corrected chi connectivity index (χ0v) is 14.8. The maximum Gasteiger partial charge on any atom is 0.262 e. The van der Waals surface area contributed by atoms with Gasteiger partial charge in [0.1, 0.15) is 18.1 Å². The molecule has 0 unspecified atom stereocenters. The summed E-state index contributed by atoms with van der Waals surface area (Å²) in [4.78, 5) is 0.229. The standard InChI is InChI=1S/C18H21NO4S/c1-5-10-23-16-8-6-15(7-9-16)19-24(20,21)18-12-13(2)17(22-4)11-14(18)3/h5-9,11-12,19H,1,10H2,2-4H3. The monoisotopic (exact) mass is 347 g/mol. The topological polar surface area (TPSA) is 64.6 Å². The fourth-order valence-corrected chi connectivity index (χ4v) is 3.63. The molecule has 0 saturated heterocycles. The molecule has 2 aromatic carbocycles. The normalized spacial score (nSPS) is 11.0. The van der Waals surface area contributed by atoms with Crippen molar-refractivity contribution in [2.45, 2.75) is 18.7 Å². The molecule has 6 heteroatoms. The third-order valence-electron chi connectivity index (χ3n) is 3.46. The molecule has 2 aromatic rings. The van der Waals surface area contributed by atoms with Crippen molar-refractivity contribution in [3.63, 3.8) is 0 Å². The van der Waals surface area contributed by atoms with Crippen LogP contribution in [0.1, 0.15) is 11.1 Å². The molecule has 0 aromatic heterocycles. The highest BCUT2D eigenvalue weighted by atomic mass is 32.2. The zero-order chi connectivity index (χ0) is 17.7. The molecule has 0 heterocycles. The van der Waals surface area contributed by atoms with Crippen LogP contribution >= 0.6 is 0 Å². The van der Waals surface area contributed by atoms with E-state index in [-0.39, 0.29) is 4.90 Å². The van der Waals surface area contributed by atoms with Crippen molar-refractivity contribution in [3.8, 4) is 11.5 Å². The third-order valence-corrected chi connectivity index (χ3v) is 4.98. The predicted octanol–water partition coefficient (Wildman–Crippen LogP) is 3.68. The average molecular weight is 347 g/mol. The number of hydrogen-bond acceptors (Lipinski definition) is 4. The van der Waals surface area contributed by atoms with Crippen molar-refractivity contribution in [3.05, 3.63) is 60.2 Å². The minimum atomic E-state index is -3.68. The predicted molar refractivity (Wildman–Crippen MR) is 95.4 cm³/mol. The van der Waals surface area contributed by atoms with E-state index in [0.717, 1.165) is 5.56 Å². The Morgan fingerprint density at radius 3 is 2.38 bits per heavy atom. The quantitative estimate of drug-likeness (QED) is 0.776. The van der Waals surface area contributed by atoms with Crippen molar-refractivity contribution in [2.24, 2.45) is 0 Å². The van der Waals surface area contributed by atoms with Crippen molar-refractivity contribution in [2.75, 3.05) is 18.4 Å². The highest BCUT2D eigenvalue weighted by Gasteiger charge is 2.19. The SMILES string of the molecule is C=CCOc1ccc(NS(=O)(=O)c2cc(C)c(OC)cc2C)cc1. The van der Waals surface area contributed by atoms with Gasteiger partial charge in [0.15, 0.2) is 0 Å². The van der Waals surface area contributed by atoms with E-state index in [1.165, 1.54) is 0 Å². The smallest absolute Gasteiger partial charge is 0.262 e. The van der Waals surface area contributed by atoms with Crippen LogP contribution in [0.4, 0.5) is 5.69 Å². The Kier molecular flexibility index (Phi) is 5.51. The lowest BCUT2D eigenvalue weighted by Gasteiger charge is -2.13. The highest BCUT2D eigenvalue weighted by molar-refractivity contribution is 7.92. The molecule has 0 bridgehead atoms. The first-order valence-electron chi connectivity index (χ1n) is 7.39. The van der Waals surface area contributed by atoms with Crippen LogP contribution in [0, 0.1) is 13.8 Å². The number of nitrogens with one attached hydrogen (secondary N) is 1. The first kappa shape index (κ1) is 17.9. The average Bonchev–Trinajstić information content (AvgIpc) is 2.55. The Bertz CT molecular complexity index is 827. The molecule has 2 rings (SSSR count). The lowest BCUT2D eigenvalue weighted by molar-refractivity contribution is 0.363. The first-order chi connectivity index (χ1) is 11.4. The Morgan fingerprint density at radius 2 is 1.79 bits per heavy atom. The van der Waals surface area contributed by atoms with E-state index in [0.29, 0.717) is 29.4 Å². The second-order valence-corrected chi connectivity index (χ2v) is 6.97. The summed E-state index contributed by atoms with van der Waals surface area (Å²) in [7, 11) is -2.12. The van der Waals surface area contributed by atoms with Gasteiger partial charge in [0.2, 0.25) is 0 Å². The van der Waals surface area contributed by atoms with E-state index >= 15 is 0 Å². The van der Waals surface area contributed by atoms with Crippen LogP contribution in [0.3, 0.4) is 0 Å². The Labute approximate surface area is 143 Å². The first-order valence-corrected chi connectivity index (χ1v) is 8.87. The summed E-state index contributed by atoms with van der Waals surface area (Å²) >= 11 is 0. The number of anilines is 1. The van der Waals surface area contributed by atoms with Gasteiger partial charge in [-0.15, -0.1) is 0 Å². The minimum absolute atomic E-state index is 0.229. The molecule has 0 atom stereocenters. The Morgan fingerprint density at radius 1 is 1.12 bits per heavy atom. The van der Waals surface area contributed by atoms with Crippen LogP contribution in [0.2, 0.25) is 0 Å². The lowest BCUT2D eigenvalue weighted by atomic mass is 10.1. The number of aryl methyl sites for hydroxylation is 2. The summed E-state index contributed by atoms with van der Waals surface area (Å²) in [6.07, 6.45) is 1.64. The second kappa shape index (κ2) is 7.40. The van der Waals surface area contributed by atoms with E-state index in [1.807, 2.05) is 6.92 Å². The summed E-state index contributed by atoms with van der Waals surface area (Å²) in [5.41, 5.74) is 1.85.